The summed E-state index contributed by atoms with van der Waals surface area (Å²) >= 11 is 0. The Bertz CT molecular complexity index is 1890. The highest BCUT2D eigenvalue weighted by atomic mass is 16.5. The molecule has 42 heavy (non-hydrogen) atoms. The second kappa shape index (κ2) is 11.0. The highest BCUT2D eigenvalue weighted by Gasteiger charge is 2.21. The molecule has 5 aromatic rings. The zero-order chi connectivity index (χ0) is 29.4. The first-order valence-electron chi connectivity index (χ1n) is 13.7. The van der Waals surface area contributed by atoms with Gasteiger partial charge in [0.25, 0.3) is 11.8 Å². The van der Waals surface area contributed by atoms with Crippen LogP contribution in [0.3, 0.4) is 0 Å². The Hall–Kier alpha value is -5.22. The number of carbonyl (C=O) groups excluding carboxylic acids is 2. The normalized spacial score (nSPS) is 13.7. The summed E-state index contributed by atoms with van der Waals surface area (Å²) in [5.41, 5.74) is 13.1. The van der Waals surface area contributed by atoms with Crippen LogP contribution in [0.2, 0.25) is 0 Å². The van der Waals surface area contributed by atoms with E-state index in [0.29, 0.717) is 30.1 Å². The molecule has 5 N–H and O–H groups in total. The molecule has 2 amide bonds. The van der Waals surface area contributed by atoms with Crippen molar-refractivity contribution in [3.8, 4) is 11.1 Å². The summed E-state index contributed by atoms with van der Waals surface area (Å²) in [5, 5.41) is 4.78. The number of ether oxygens (including phenoxy) is 1. The smallest absolute Gasteiger partial charge is 0.291 e. The van der Waals surface area contributed by atoms with Gasteiger partial charge < -0.3 is 30.7 Å². The van der Waals surface area contributed by atoms with Crippen molar-refractivity contribution in [3.63, 3.8) is 0 Å². The van der Waals surface area contributed by atoms with Crippen molar-refractivity contribution in [2.45, 2.75) is 13.8 Å². The molecule has 1 saturated heterocycles. The summed E-state index contributed by atoms with van der Waals surface area (Å²) in [4.78, 5) is 43.1. The molecule has 4 heterocycles. The van der Waals surface area contributed by atoms with Gasteiger partial charge in [0.1, 0.15) is 0 Å². The van der Waals surface area contributed by atoms with Crippen molar-refractivity contribution < 1.29 is 14.3 Å². The van der Waals surface area contributed by atoms with E-state index in [9.17, 15) is 9.59 Å². The molecule has 212 valence electrons. The standard InChI is InChI=1S/C32H31N7O3/c1-4-5-8-25-19(3)35-31(37-25)32(41)38-24-9-6-7-21(18(24)2)23-17-34-29(30(33)40)28-27(23)22-11-10-20(16-26(22)36-28)39-12-14-42-15-13-39/h4-11,16-17,36H,1,12-15H2,2-3H3,(H2,33,40)(H,35,37)(H,38,41)/b8-5-. The van der Waals surface area contributed by atoms with Gasteiger partial charge in [0, 0.05) is 58.2 Å². The third kappa shape index (κ3) is 4.82. The minimum atomic E-state index is -0.611. The zero-order valence-corrected chi connectivity index (χ0v) is 23.5. The van der Waals surface area contributed by atoms with Crippen LogP contribution in [0.15, 0.2) is 61.3 Å². The summed E-state index contributed by atoms with van der Waals surface area (Å²) in [6, 6.07) is 11.9. The van der Waals surface area contributed by atoms with E-state index in [-0.39, 0.29) is 17.4 Å². The summed E-state index contributed by atoms with van der Waals surface area (Å²) in [5.74, 6) is -0.754. The average molecular weight is 562 g/mol. The molecule has 0 unspecified atom stereocenters. The van der Waals surface area contributed by atoms with E-state index in [1.807, 2.05) is 32.0 Å². The number of anilines is 2. The van der Waals surface area contributed by atoms with Gasteiger partial charge in [-0.25, -0.2) is 9.97 Å². The number of morpholine rings is 1. The molecule has 2 aromatic carbocycles. The number of primary amides is 1. The number of imidazole rings is 1. The number of carbonyl (C=O) groups is 2. The molecule has 0 spiro atoms. The second-order valence-corrected chi connectivity index (χ2v) is 10.2. The molecule has 0 atom stereocenters. The first-order valence-corrected chi connectivity index (χ1v) is 13.7. The van der Waals surface area contributed by atoms with Crippen LogP contribution >= 0.6 is 0 Å². The van der Waals surface area contributed by atoms with Gasteiger partial charge in [0.2, 0.25) is 0 Å². The maximum Gasteiger partial charge on any atom is 0.291 e. The number of nitrogens with one attached hydrogen (secondary N) is 3. The van der Waals surface area contributed by atoms with Crippen LogP contribution in [0.25, 0.3) is 39.0 Å². The van der Waals surface area contributed by atoms with Gasteiger partial charge >= 0.3 is 0 Å². The number of allylic oxidation sites excluding steroid dienone is 2. The molecule has 3 aromatic heterocycles. The molecular formula is C32H31N7O3. The fourth-order valence-electron chi connectivity index (χ4n) is 5.46. The monoisotopic (exact) mass is 561 g/mol. The number of hydrogen-bond acceptors (Lipinski definition) is 6. The molecule has 0 radical (unpaired) electrons. The number of aryl methyl sites for hydroxylation is 1. The van der Waals surface area contributed by atoms with Crippen LogP contribution in [0.4, 0.5) is 11.4 Å². The van der Waals surface area contributed by atoms with Crippen molar-refractivity contribution in [3.05, 3.63) is 89.8 Å². The maximum atomic E-state index is 13.2. The number of nitrogens with zero attached hydrogens (tertiary/aromatic N) is 3. The van der Waals surface area contributed by atoms with Crippen LogP contribution in [0.5, 0.6) is 0 Å². The first kappa shape index (κ1) is 27.0. The minimum absolute atomic E-state index is 0.175. The van der Waals surface area contributed by atoms with Gasteiger partial charge in [-0.05, 0) is 49.2 Å². The van der Waals surface area contributed by atoms with Crippen LogP contribution in [-0.2, 0) is 4.74 Å². The van der Waals surface area contributed by atoms with Gasteiger partial charge in [-0.15, -0.1) is 0 Å². The lowest BCUT2D eigenvalue weighted by atomic mass is 9.95. The Balaban J connectivity index is 1.42. The third-order valence-electron chi connectivity index (χ3n) is 7.62. The molecule has 0 saturated carbocycles. The SMILES string of the molecule is C=C/C=C\c1nc(C(=O)Nc2cccc(-c3cnc(C(N)=O)c4[nH]c5cc(N6CCOCC6)ccc5c34)c2C)[nH]c1C. The van der Waals surface area contributed by atoms with E-state index < -0.39 is 5.91 Å². The fourth-order valence-corrected chi connectivity index (χ4v) is 5.46. The quantitative estimate of drug-likeness (QED) is 0.204. The van der Waals surface area contributed by atoms with Crippen molar-refractivity contribution in [1.29, 1.82) is 0 Å². The Morgan fingerprint density at radius 1 is 1.12 bits per heavy atom. The second-order valence-electron chi connectivity index (χ2n) is 10.2. The number of benzene rings is 2. The number of aromatic nitrogens is 4. The molecule has 1 aliphatic heterocycles. The Labute approximate surface area is 242 Å². The summed E-state index contributed by atoms with van der Waals surface area (Å²) in [6.07, 6.45) is 6.89. The number of aromatic amines is 2. The lowest BCUT2D eigenvalue weighted by Gasteiger charge is -2.28. The van der Waals surface area contributed by atoms with Crippen molar-refractivity contribution in [2.24, 2.45) is 5.73 Å². The first-order chi connectivity index (χ1) is 20.4. The van der Waals surface area contributed by atoms with Gasteiger partial charge in [-0.2, -0.15) is 0 Å². The number of rotatable bonds is 7. The van der Waals surface area contributed by atoms with Crippen LogP contribution in [-0.4, -0.2) is 58.1 Å². The van der Waals surface area contributed by atoms with E-state index in [4.69, 9.17) is 10.5 Å². The molecule has 0 aliphatic carbocycles. The Kier molecular flexibility index (Phi) is 7.05. The number of pyridine rings is 1. The Morgan fingerprint density at radius 2 is 1.93 bits per heavy atom. The van der Waals surface area contributed by atoms with E-state index in [2.05, 4.69) is 54.9 Å². The number of amides is 2. The summed E-state index contributed by atoms with van der Waals surface area (Å²) in [7, 11) is 0. The Morgan fingerprint density at radius 3 is 2.69 bits per heavy atom. The largest absolute Gasteiger partial charge is 0.378 e. The minimum Gasteiger partial charge on any atom is -0.378 e. The lowest BCUT2D eigenvalue weighted by Crippen LogP contribution is -2.36. The summed E-state index contributed by atoms with van der Waals surface area (Å²) in [6.45, 7) is 10.5. The van der Waals surface area contributed by atoms with E-state index in [1.165, 1.54) is 0 Å². The van der Waals surface area contributed by atoms with Crippen molar-refractivity contribution in [2.75, 3.05) is 36.5 Å². The fraction of sp³-hybridized carbons (Fsp3) is 0.188. The molecule has 1 fully saturated rings. The van der Waals surface area contributed by atoms with Crippen molar-refractivity contribution >= 4 is 51.1 Å². The highest BCUT2D eigenvalue weighted by Crippen LogP contribution is 2.39. The molecular weight excluding hydrogens is 530 g/mol. The number of H-pyrrole nitrogens is 2. The van der Waals surface area contributed by atoms with Crippen LogP contribution < -0.4 is 16.0 Å². The molecule has 1 aliphatic rings. The average Bonchev–Trinajstić information content (AvgIpc) is 3.57. The van der Waals surface area contributed by atoms with E-state index in [0.717, 1.165) is 57.5 Å². The maximum absolute atomic E-state index is 13.2. The van der Waals surface area contributed by atoms with Crippen LogP contribution in [0, 0.1) is 13.8 Å². The lowest BCUT2D eigenvalue weighted by molar-refractivity contribution is 0.0994. The van der Waals surface area contributed by atoms with E-state index in [1.54, 1.807) is 24.4 Å². The number of nitrogens with two attached hydrogens (primary N) is 1. The topological polar surface area (TPSA) is 142 Å². The van der Waals surface area contributed by atoms with Crippen molar-refractivity contribution in [1.82, 2.24) is 19.9 Å². The number of hydrogen-bond donors (Lipinski definition) is 4. The predicted molar refractivity (Wildman–Crippen MR) is 166 cm³/mol. The van der Waals surface area contributed by atoms with Gasteiger partial charge in [0.15, 0.2) is 11.5 Å². The van der Waals surface area contributed by atoms with E-state index >= 15 is 0 Å². The third-order valence-corrected chi connectivity index (χ3v) is 7.62. The molecule has 10 heteroatoms. The van der Waals surface area contributed by atoms with Crippen LogP contribution in [0.1, 0.15) is 38.1 Å². The highest BCUT2D eigenvalue weighted by molar-refractivity contribution is 6.19. The molecule has 10 nitrogen and oxygen atoms in total. The molecule has 6 rings (SSSR count). The van der Waals surface area contributed by atoms with Gasteiger partial charge in [0.05, 0.1) is 24.4 Å². The van der Waals surface area contributed by atoms with Gasteiger partial charge in [-0.3, -0.25) is 9.59 Å². The predicted octanol–water partition coefficient (Wildman–Crippen LogP) is 5.11. The summed E-state index contributed by atoms with van der Waals surface area (Å²) < 4.78 is 5.51. The number of fused-ring (bicyclic) bond motifs is 3. The van der Waals surface area contributed by atoms with Gasteiger partial charge in [-0.1, -0.05) is 36.9 Å². The molecule has 0 bridgehead atoms. The zero-order valence-electron chi connectivity index (χ0n) is 23.5.